The van der Waals surface area contributed by atoms with Gasteiger partial charge in [-0.1, -0.05) is 32.1 Å². The number of aliphatic imine (C=N–C) groups is 1. The molecule has 1 saturated heterocycles. The highest BCUT2D eigenvalue weighted by Crippen LogP contribution is 2.26. The molecule has 3 fully saturated rings. The molecule has 0 radical (unpaired) electrons. The second kappa shape index (κ2) is 10.1. The molecule has 3 aliphatic rings. The molecule has 0 aromatic rings. The summed E-state index contributed by atoms with van der Waals surface area (Å²) >= 11 is 0. The van der Waals surface area contributed by atoms with Gasteiger partial charge in [0.05, 0.1) is 0 Å². The number of nitrogens with one attached hydrogen (secondary N) is 3. The molecule has 26 heavy (non-hydrogen) atoms. The highest BCUT2D eigenvalue weighted by atomic mass is 16.1. The van der Waals surface area contributed by atoms with Crippen LogP contribution in [0.5, 0.6) is 0 Å². The highest BCUT2D eigenvalue weighted by molar-refractivity contribution is 5.80. The van der Waals surface area contributed by atoms with Crippen molar-refractivity contribution in [1.82, 2.24) is 20.9 Å². The smallest absolute Gasteiger partial charge is 0.223 e. The van der Waals surface area contributed by atoms with Crippen LogP contribution < -0.4 is 16.0 Å². The largest absolute Gasteiger partial charge is 0.355 e. The Bertz CT molecular complexity index is 469. The number of carbonyl (C=O) groups is 1. The van der Waals surface area contributed by atoms with Crippen LogP contribution >= 0.6 is 0 Å². The van der Waals surface area contributed by atoms with E-state index in [2.05, 4.69) is 25.8 Å². The summed E-state index contributed by atoms with van der Waals surface area (Å²) in [6.07, 6.45) is 12.5. The Morgan fingerprint density at radius 2 is 1.65 bits per heavy atom. The minimum absolute atomic E-state index is 0.234. The fourth-order valence-corrected chi connectivity index (χ4v) is 4.77. The van der Waals surface area contributed by atoms with E-state index in [1.807, 2.05) is 7.05 Å². The normalized spacial score (nSPS) is 26.2. The molecule has 0 aromatic heterocycles. The van der Waals surface area contributed by atoms with Gasteiger partial charge >= 0.3 is 0 Å². The zero-order valence-electron chi connectivity index (χ0n) is 16.4. The molecule has 6 heteroatoms. The molecular formula is C20H37N5O. The van der Waals surface area contributed by atoms with E-state index >= 15 is 0 Å². The first kappa shape index (κ1) is 19.5. The molecule has 0 spiro atoms. The lowest BCUT2D eigenvalue weighted by Gasteiger charge is -2.24. The van der Waals surface area contributed by atoms with Crippen LogP contribution in [0.3, 0.4) is 0 Å². The summed E-state index contributed by atoms with van der Waals surface area (Å²) in [5.74, 6) is 1.33. The summed E-state index contributed by atoms with van der Waals surface area (Å²) in [6.45, 7) is 3.71. The van der Waals surface area contributed by atoms with Crippen LogP contribution in [0.25, 0.3) is 0 Å². The molecule has 2 aliphatic carbocycles. The predicted molar refractivity (Wildman–Crippen MR) is 106 cm³/mol. The standard InChI is InChI=1S/C20H37N5O/c1-21-20(23-13-12-22-19(26)16-7-3-2-4-8-16)24-17-11-14-25(15-17)18-9-5-6-10-18/h16-18H,2-15H2,1H3,(H,22,26)(H2,21,23,24). The lowest BCUT2D eigenvalue weighted by atomic mass is 9.89. The Morgan fingerprint density at radius 3 is 2.38 bits per heavy atom. The molecule has 1 unspecified atom stereocenters. The van der Waals surface area contributed by atoms with Gasteiger partial charge in [-0.05, 0) is 32.1 Å². The van der Waals surface area contributed by atoms with Crippen molar-refractivity contribution >= 4 is 11.9 Å². The van der Waals surface area contributed by atoms with Crippen LogP contribution in [-0.2, 0) is 4.79 Å². The summed E-state index contributed by atoms with van der Waals surface area (Å²) in [4.78, 5) is 19.2. The van der Waals surface area contributed by atoms with Crippen molar-refractivity contribution in [2.45, 2.75) is 76.3 Å². The molecule has 6 nitrogen and oxygen atoms in total. The third kappa shape index (κ3) is 5.60. The second-order valence-electron chi connectivity index (χ2n) is 8.19. The zero-order valence-corrected chi connectivity index (χ0v) is 16.4. The van der Waals surface area contributed by atoms with E-state index in [1.54, 1.807) is 0 Å². The average Bonchev–Trinajstić information content (AvgIpc) is 3.36. The lowest BCUT2D eigenvalue weighted by molar-refractivity contribution is -0.125. The van der Waals surface area contributed by atoms with Gasteiger partial charge in [0, 0.05) is 51.2 Å². The highest BCUT2D eigenvalue weighted by Gasteiger charge is 2.30. The van der Waals surface area contributed by atoms with Crippen LogP contribution in [0.1, 0.15) is 64.2 Å². The maximum Gasteiger partial charge on any atom is 0.223 e. The Hall–Kier alpha value is -1.30. The van der Waals surface area contributed by atoms with Gasteiger partial charge < -0.3 is 16.0 Å². The molecule has 0 bridgehead atoms. The monoisotopic (exact) mass is 363 g/mol. The van der Waals surface area contributed by atoms with Crippen LogP contribution in [0, 0.1) is 5.92 Å². The number of amides is 1. The van der Waals surface area contributed by atoms with Gasteiger partial charge in [-0.2, -0.15) is 0 Å². The summed E-state index contributed by atoms with van der Waals surface area (Å²) in [5.41, 5.74) is 0. The van der Waals surface area contributed by atoms with Crippen LogP contribution in [0.2, 0.25) is 0 Å². The van der Waals surface area contributed by atoms with Crippen molar-refractivity contribution in [1.29, 1.82) is 0 Å². The summed E-state index contributed by atoms with van der Waals surface area (Å²) < 4.78 is 0. The maximum absolute atomic E-state index is 12.2. The molecule has 3 N–H and O–H groups in total. The van der Waals surface area contributed by atoms with Gasteiger partial charge in [-0.3, -0.25) is 14.7 Å². The summed E-state index contributed by atoms with van der Waals surface area (Å²) in [7, 11) is 1.82. The molecule has 1 aliphatic heterocycles. The first-order chi connectivity index (χ1) is 12.8. The minimum Gasteiger partial charge on any atom is -0.355 e. The molecular weight excluding hydrogens is 326 g/mol. The summed E-state index contributed by atoms with van der Waals surface area (Å²) in [5, 5.41) is 9.98. The van der Waals surface area contributed by atoms with E-state index < -0.39 is 0 Å². The van der Waals surface area contributed by atoms with Crippen LogP contribution in [-0.4, -0.2) is 62.1 Å². The first-order valence-electron chi connectivity index (χ1n) is 10.7. The lowest BCUT2D eigenvalue weighted by Crippen LogP contribution is -2.47. The fourth-order valence-electron chi connectivity index (χ4n) is 4.77. The van der Waals surface area contributed by atoms with Crippen molar-refractivity contribution < 1.29 is 4.79 Å². The van der Waals surface area contributed by atoms with E-state index in [4.69, 9.17) is 0 Å². The topological polar surface area (TPSA) is 68.8 Å². The summed E-state index contributed by atoms with van der Waals surface area (Å²) in [6, 6.07) is 1.30. The third-order valence-corrected chi connectivity index (χ3v) is 6.32. The van der Waals surface area contributed by atoms with Gasteiger partial charge in [-0.25, -0.2) is 0 Å². The average molecular weight is 364 g/mol. The van der Waals surface area contributed by atoms with Crippen LogP contribution in [0.15, 0.2) is 4.99 Å². The Balaban J connectivity index is 1.30. The zero-order chi connectivity index (χ0) is 18.2. The van der Waals surface area contributed by atoms with Crippen molar-refractivity contribution in [3.8, 4) is 0 Å². The number of guanidine groups is 1. The van der Waals surface area contributed by atoms with Gasteiger partial charge in [-0.15, -0.1) is 0 Å². The molecule has 3 rings (SSSR count). The van der Waals surface area contributed by atoms with Crippen molar-refractivity contribution in [3.63, 3.8) is 0 Å². The van der Waals surface area contributed by atoms with E-state index in [9.17, 15) is 4.79 Å². The molecule has 1 amide bonds. The van der Waals surface area contributed by atoms with E-state index in [-0.39, 0.29) is 11.8 Å². The van der Waals surface area contributed by atoms with Crippen molar-refractivity contribution in [2.24, 2.45) is 10.9 Å². The fraction of sp³-hybridized carbons (Fsp3) is 0.900. The van der Waals surface area contributed by atoms with Gasteiger partial charge in [0.1, 0.15) is 0 Å². The SMILES string of the molecule is CN=C(NCCNC(=O)C1CCCCC1)NC1CCN(C2CCCC2)C1. The van der Waals surface area contributed by atoms with Gasteiger partial charge in [0.2, 0.25) is 5.91 Å². The number of rotatable bonds is 6. The molecule has 1 atom stereocenters. The number of hydrogen-bond donors (Lipinski definition) is 3. The number of carbonyl (C=O) groups excluding carboxylic acids is 1. The van der Waals surface area contributed by atoms with E-state index in [1.165, 1.54) is 57.9 Å². The first-order valence-corrected chi connectivity index (χ1v) is 10.7. The third-order valence-electron chi connectivity index (χ3n) is 6.32. The van der Waals surface area contributed by atoms with E-state index in [0.29, 0.717) is 12.6 Å². The Morgan fingerprint density at radius 1 is 0.962 bits per heavy atom. The molecule has 148 valence electrons. The number of hydrogen-bond acceptors (Lipinski definition) is 3. The Kier molecular flexibility index (Phi) is 7.59. The molecule has 1 heterocycles. The number of nitrogens with zero attached hydrogens (tertiary/aromatic N) is 2. The van der Waals surface area contributed by atoms with E-state index in [0.717, 1.165) is 37.9 Å². The molecule has 2 saturated carbocycles. The second-order valence-corrected chi connectivity index (χ2v) is 8.19. The van der Waals surface area contributed by atoms with Gasteiger partial charge in [0.15, 0.2) is 5.96 Å². The van der Waals surface area contributed by atoms with Crippen molar-refractivity contribution in [2.75, 3.05) is 33.2 Å². The quantitative estimate of drug-likeness (QED) is 0.383. The predicted octanol–water partition coefficient (Wildman–Crippen LogP) is 1.86. The van der Waals surface area contributed by atoms with Gasteiger partial charge in [0.25, 0.3) is 0 Å². The molecule has 0 aromatic carbocycles. The Labute approximate surface area is 158 Å². The number of likely N-dealkylation sites (tertiary alicyclic amines) is 1. The van der Waals surface area contributed by atoms with Crippen molar-refractivity contribution in [3.05, 3.63) is 0 Å². The minimum atomic E-state index is 0.234. The van der Waals surface area contributed by atoms with Crippen LogP contribution in [0.4, 0.5) is 0 Å². The maximum atomic E-state index is 12.2.